The Morgan fingerprint density at radius 2 is 2.00 bits per heavy atom. The molecule has 0 bridgehead atoms. The van der Waals surface area contributed by atoms with Gasteiger partial charge in [-0.25, -0.2) is 0 Å². The molecule has 2 aromatic rings. The number of para-hydroxylation sites is 2. The average Bonchev–Trinajstić information content (AvgIpc) is 2.39. The number of fused-ring (bicyclic) bond motifs is 1. The molecule has 3 heteroatoms. The largest absolute Gasteiger partial charge is 0.429 e. The number of benzene rings is 1. The van der Waals surface area contributed by atoms with Crippen LogP contribution in [-0.2, 0) is 0 Å². The first-order chi connectivity index (χ1) is 6.20. The Morgan fingerprint density at radius 1 is 1.31 bits per heavy atom. The second kappa shape index (κ2) is 3.00. The molecule has 0 aliphatic carbocycles. The van der Waals surface area contributed by atoms with Crippen LogP contribution in [0.4, 0.5) is 0 Å². The minimum absolute atomic E-state index is 0.344. The third kappa shape index (κ3) is 1.29. The van der Waals surface area contributed by atoms with Crippen LogP contribution in [0.1, 0.15) is 19.9 Å². The minimum Gasteiger partial charge on any atom is -0.429 e. The zero-order valence-electron chi connectivity index (χ0n) is 7.65. The van der Waals surface area contributed by atoms with Crippen LogP contribution in [0.2, 0.25) is 0 Å². The van der Waals surface area contributed by atoms with Gasteiger partial charge >= 0.3 is 0 Å². The molecule has 2 rings (SSSR count). The SMILES string of the molecule is CC(C)n1c(=S)oc2ccccc21. The van der Waals surface area contributed by atoms with Crippen LogP contribution in [0.25, 0.3) is 11.1 Å². The highest BCUT2D eigenvalue weighted by Crippen LogP contribution is 2.20. The summed E-state index contributed by atoms with van der Waals surface area (Å²) < 4.78 is 7.46. The van der Waals surface area contributed by atoms with E-state index in [1.165, 1.54) is 0 Å². The number of oxazole rings is 1. The van der Waals surface area contributed by atoms with E-state index in [0.717, 1.165) is 11.1 Å². The summed E-state index contributed by atoms with van der Waals surface area (Å²) in [6, 6.07) is 8.24. The molecule has 0 aliphatic rings. The number of rotatable bonds is 1. The van der Waals surface area contributed by atoms with Crippen LogP contribution in [0.5, 0.6) is 0 Å². The summed E-state index contributed by atoms with van der Waals surface area (Å²) in [4.78, 5) is 0.552. The minimum atomic E-state index is 0.344. The molecule has 0 amide bonds. The number of hydrogen-bond acceptors (Lipinski definition) is 2. The van der Waals surface area contributed by atoms with Crippen molar-refractivity contribution in [3.8, 4) is 0 Å². The summed E-state index contributed by atoms with van der Waals surface area (Å²) in [5.74, 6) is 0. The Balaban J connectivity index is 2.87. The van der Waals surface area contributed by atoms with Crippen LogP contribution >= 0.6 is 12.2 Å². The first kappa shape index (κ1) is 8.51. The van der Waals surface area contributed by atoms with Crippen molar-refractivity contribution in [3.05, 3.63) is 29.1 Å². The van der Waals surface area contributed by atoms with Crippen LogP contribution in [-0.4, -0.2) is 4.57 Å². The standard InChI is InChI=1S/C10H11NOS/c1-7(2)11-8-5-3-4-6-9(8)12-10(11)13/h3-7H,1-2H3. The molecule has 0 spiro atoms. The van der Waals surface area contributed by atoms with Crippen molar-refractivity contribution in [3.63, 3.8) is 0 Å². The Labute approximate surface area is 81.8 Å². The molecule has 0 atom stereocenters. The van der Waals surface area contributed by atoms with Crippen LogP contribution in [0.15, 0.2) is 28.7 Å². The highest BCUT2D eigenvalue weighted by molar-refractivity contribution is 7.71. The van der Waals surface area contributed by atoms with Gasteiger partial charge in [0.25, 0.3) is 4.84 Å². The molecule has 0 radical (unpaired) electrons. The Kier molecular flexibility index (Phi) is 1.96. The molecule has 0 unspecified atom stereocenters. The molecular weight excluding hydrogens is 182 g/mol. The summed E-state index contributed by atoms with van der Waals surface area (Å²) in [7, 11) is 0. The maximum Gasteiger partial charge on any atom is 0.269 e. The first-order valence-electron chi connectivity index (χ1n) is 4.30. The molecule has 2 nitrogen and oxygen atoms in total. The summed E-state index contributed by atoms with van der Waals surface area (Å²) in [6.45, 7) is 4.19. The van der Waals surface area contributed by atoms with Gasteiger partial charge in [-0.05, 0) is 38.2 Å². The summed E-state index contributed by atoms with van der Waals surface area (Å²) >= 11 is 5.13. The highest BCUT2D eigenvalue weighted by Gasteiger charge is 2.07. The summed E-state index contributed by atoms with van der Waals surface area (Å²) in [5.41, 5.74) is 1.93. The van der Waals surface area contributed by atoms with E-state index in [1.807, 2.05) is 28.8 Å². The lowest BCUT2D eigenvalue weighted by Crippen LogP contribution is -1.99. The summed E-state index contributed by atoms with van der Waals surface area (Å²) in [6.07, 6.45) is 0. The van der Waals surface area contributed by atoms with Gasteiger partial charge in [0.1, 0.15) is 0 Å². The maximum atomic E-state index is 5.44. The fraction of sp³-hybridized carbons (Fsp3) is 0.300. The second-order valence-corrected chi connectivity index (χ2v) is 3.65. The molecule has 0 N–H and O–H groups in total. The van der Waals surface area contributed by atoms with E-state index in [-0.39, 0.29) is 0 Å². The predicted molar refractivity (Wildman–Crippen MR) is 55.4 cm³/mol. The lowest BCUT2D eigenvalue weighted by atomic mass is 10.3. The van der Waals surface area contributed by atoms with Gasteiger partial charge < -0.3 is 4.42 Å². The molecule has 0 fully saturated rings. The van der Waals surface area contributed by atoms with Gasteiger partial charge in [0, 0.05) is 6.04 Å². The average molecular weight is 193 g/mol. The third-order valence-electron chi connectivity index (χ3n) is 2.04. The monoisotopic (exact) mass is 193 g/mol. The van der Waals surface area contributed by atoms with Gasteiger partial charge in [0.2, 0.25) is 0 Å². The van der Waals surface area contributed by atoms with Crippen molar-refractivity contribution in [2.24, 2.45) is 0 Å². The Morgan fingerprint density at radius 3 is 2.69 bits per heavy atom. The zero-order valence-corrected chi connectivity index (χ0v) is 8.47. The van der Waals surface area contributed by atoms with E-state index < -0.39 is 0 Å². The van der Waals surface area contributed by atoms with E-state index in [4.69, 9.17) is 16.6 Å². The molecule has 1 aromatic heterocycles. The normalized spacial score (nSPS) is 11.3. The third-order valence-corrected chi connectivity index (χ3v) is 2.32. The molecule has 0 saturated heterocycles. The Bertz CT molecular complexity index is 481. The van der Waals surface area contributed by atoms with Gasteiger partial charge in [-0.15, -0.1) is 0 Å². The fourth-order valence-electron chi connectivity index (χ4n) is 1.47. The lowest BCUT2D eigenvalue weighted by Gasteiger charge is -2.05. The van der Waals surface area contributed by atoms with E-state index in [9.17, 15) is 0 Å². The highest BCUT2D eigenvalue weighted by atomic mass is 32.1. The van der Waals surface area contributed by atoms with Crippen molar-refractivity contribution >= 4 is 23.3 Å². The van der Waals surface area contributed by atoms with E-state index in [0.29, 0.717) is 10.9 Å². The van der Waals surface area contributed by atoms with Crippen LogP contribution < -0.4 is 0 Å². The number of nitrogens with zero attached hydrogens (tertiary/aromatic N) is 1. The quantitative estimate of drug-likeness (QED) is 0.645. The first-order valence-corrected chi connectivity index (χ1v) is 4.71. The number of aromatic nitrogens is 1. The Hall–Kier alpha value is -1.09. The molecule has 13 heavy (non-hydrogen) atoms. The van der Waals surface area contributed by atoms with Gasteiger partial charge in [-0.1, -0.05) is 12.1 Å². The second-order valence-electron chi connectivity index (χ2n) is 3.30. The van der Waals surface area contributed by atoms with Crippen molar-refractivity contribution in [1.82, 2.24) is 4.57 Å². The molecule has 1 heterocycles. The van der Waals surface area contributed by atoms with Gasteiger partial charge in [0.15, 0.2) is 5.58 Å². The van der Waals surface area contributed by atoms with Gasteiger partial charge in [0.05, 0.1) is 5.52 Å². The predicted octanol–water partition coefficient (Wildman–Crippen LogP) is 3.54. The van der Waals surface area contributed by atoms with E-state index >= 15 is 0 Å². The van der Waals surface area contributed by atoms with E-state index in [2.05, 4.69) is 13.8 Å². The zero-order chi connectivity index (χ0) is 9.42. The van der Waals surface area contributed by atoms with Crippen LogP contribution in [0.3, 0.4) is 0 Å². The molecule has 0 saturated carbocycles. The summed E-state index contributed by atoms with van der Waals surface area (Å²) in [5, 5.41) is 0. The van der Waals surface area contributed by atoms with Crippen LogP contribution in [0, 0.1) is 4.84 Å². The number of hydrogen-bond donors (Lipinski definition) is 0. The molecular formula is C10H11NOS. The molecule has 1 aromatic carbocycles. The van der Waals surface area contributed by atoms with Crippen molar-refractivity contribution in [2.75, 3.05) is 0 Å². The molecule has 0 aliphatic heterocycles. The smallest absolute Gasteiger partial charge is 0.269 e. The lowest BCUT2D eigenvalue weighted by molar-refractivity contribution is 0.505. The van der Waals surface area contributed by atoms with E-state index in [1.54, 1.807) is 0 Å². The topological polar surface area (TPSA) is 18.1 Å². The van der Waals surface area contributed by atoms with Gasteiger partial charge in [-0.2, -0.15) is 0 Å². The van der Waals surface area contributed by atoms with Crippen molar-refractivity contribution in [1.29, 1.82) is 0 Å². The maximum absolute atomic E-state index is 5.44. The molecule has 68 valence electrons. The van der Waals surface area contributed by atoms with Crippen molar-refractivity contribution in [2.45, 2.75) is 19.9 Å². The van der Waals surface area contributed by atoms with Gasteiger partial charge in [-0.3, -0.25) is 4.57 Å². The fourth-order valence-corrected chi connectivity index (χ4v) is 1.87. The van der Waals surface area contributed by atoms with Crippen molar-refractivity contribution < 1.29 is 4.42 Å².